The summed E-state index contributed by atoms with van der Waals surface area (Å²) in [6.07, 6.45) is 6.71. The Balaban J connectivity index is 1.65. The van der Waals surface area contributed by atoms with Gasteiger partial charge in [-0.2, -0.15) is 5.10 Å². The van der Waals surface area contributed by atoms with Crippen LogP contribution in [0.15, 0.2) is 0 Å². The van der Waals surface area contributed by atoms with E-state index in [9.17, 15) is 0 Å². The van der Waals surface area contributed by atoms with Crippen molar-refractivity contribution < 1.29 is 4.74 Å². The Morgan fingerprint density at radius 2 is 2.11 bits per heavy atom. The molecule has 1 atom stereocenters. The van der Waals surface area contributed by atoms with Crippen molar-refractivity contribution in [2.45, 2.75) is 71.2 Å². The van der Waals surface area contributed by atoms with Gasteiger partial charge in [-0.15, -0.1) is 0 Å². The Hall–Kier alpha value is -0.870. The number of hydrogen-bond donors (Lipinski definition) is 1. The Bertz CT molecular complexity index is 431. The van der Waals surface area contributed by atoms with Crippen molar-refractivity contribution in [3.63, 3.8) is 0 Å². The molecule has 106 valence electrons. The molecule has 4 heteroatoms. The van der Waals surface area contributed by atoms with Crippen molar-refractivity contribution in [2.24, 2.45) is 0 Å². The first-order valence-electron chi connectivity index (χ1n) is 7.62. The van der Waals surface area contributed by atoms with Crippen molar-refractivity contribution in [2.75, 3.05) is 6.61 Å². The maximum atomic E-state index is 5.82. The first-order valence-corrected chi connectivity index (χ1v) is 7.62. The SMILES string of the molecule is Cc1nn(CC2CCCCO2)c(C)c1CNC1CC1. The summed E-state index contributed by atoms with van der Waals surface area (Å²) in [5, 5.41) is 8.29. The fraction of sp³-hybridized carbons (Fsp3) is 0.800. The molecule has 1 aliphatic carbocycles. The molecule has 1 aromatic rings. The first-order chi connectivity index (χ1) is 9.24. The van der Waals surface area contributed by atoms with E-state index in [0.717, 1.165) is 25.7 Å². The second kappa shape index (κ2) is 5.63. The number of hydrogen-bond acceptors (Lipinski definition) is 3. The molecule has 1 saturated heterocycles. The molecule has 2 aliphatic rings. The third kappa shape index (κ3) is 3.18. The van der Waals surface area contributed by atoms with Gasteiger partial charge in [-0.25, -0.2) is 0 Å². The van der Waals surface area contributed by atoms with Crippen molar-refractivity contribution in [3.05, 3.63) is 17.0 Å². The number of aromatic nitrogens is 2. The molecule has 1 unspecified atom stereocenters. The van der Waals surface area contributed by atoms with E-state index in [-0.39, 0.29) is 0 Å². The molecule has 0 spiro atoms. The topological polar surface area (TPSA) is 39.1 Å². The quantitative estimate of drug-likeness (QED) is 0.886. The van der Waals surface area contributed by atoms with Gasteiger partial charge in [0.25, 0.3) is 0 Å². The molecule has 3 rings (SSSR count). The van der Waals surface area contributed by atoms with Crippen LogP contribution in [-0.4, -0.2) is 28.5 Å². The summed E-state index contributed by atoms with van der Waals surface area (Å²) in [5.41, 5.74) is 3.85. The standard InChI is InChI=1S/C15H25N3O/c1-11-15(9-16-13-6-7-13)12(2)18(17-11)10-14-5-3-4-8-19-14/h13-14,16H,3-10H2,1-2H3. The summed E-state index contributed by atoms with van der Waals surface area (Å²) >= 11 is 0. The highest BCUT2D eigenvalue weighted by atomic mass is 16.5. The second-order valence-corrected chi connectivity index (χ2v) is 5.98. The van der Waals surface area contributed by atoms with E-state index in [0.29, 0.717) is 6.10 Å². The average molecular weight is 263 g/mol. The third-order valence-electron chi connectivity index (χ3n) is 4.33. The molecule has 1 saturated carbocycles. The summed E-state index contributed by atoms with van der Waals surface area (Å²) in [4.78, 5) is 0. The highest BCUT2D eigenvalue weighted by molar-refractivity contribution is 5.24. The van der Waals surface area contributed by atoms with Crippen LogP contribution in [0.4, 0.5) is 0 Å². The summed E-state index contributed by atoms with van der Waals surface area (Å²) in [5.74, 6) is 0. The van der Waals surface area contributed by atoms with Gasteiger partial charge in [0.05, 0.1) is 18.3 Å². The predicted octanol–water partition coefficient (Wildman–Crippen LogP) is 2.32. The van der Waals surface area contributed by atoms with E-state index in [1.54, 1.807) is 0 Å². The molecule has 1 N–H and O–H groups in total. The van der Waals surface area contributed by atoms with Crippen LogP contribution in [0, 0.1) is 13.8 Å². The minimum absolute atomic E-state index is 0.357. The van der Waals surface area contributed by atoms with Gasteiger partial charge >= 0.3 is 0 Å². The van der Waals surface area contributed by atoms with Crippen molar-refractivity contribution in [3.8, 4) is 0 Å². The van der Waals surface area contributed by atoms with Crippen LogP contribution in [0.3, 0.4) is 0 Å². The van der Waals surface area contributed by atoms with Crippen molar-refractivity contribution >= 4 is 0 Å². The van der Waals surface area contributed by atoms with Crippen LogP contribution in [0.1, 0.15) is 49.1 Å². The predicted molar refractivity (Wildman–Crippen MR) is 75.2 cm³/mol. The molecule has 2 heterocycles. The minimum atomic E-state index is 0.357. The van der Waals surface area contributed by atoms with Crippen LogP contribution in [0.25, 0.3) is 0 Å². The van der Waals surface area contributed by atoms with Crippen molar-refractivity contribution in [1.82, 2.24) is 15.1 Å². The summed E-state index contributed by atoms with van der Waals surface area (Å²) < 4.78 is 7.97. The summed E-state index contributed by atoms with van der Waals surface area (Å²) in [6, 6.07) is 0.754. The Morgan fingerprint density at radius 3 is 2.79 bits per heavy atom. The van der Waals surface area contributed by atoms with Gasteiger partial charge in [0.2, 0.25) is 0 Å². The van der Waals surface area contributed by atoms with Gasteiger partial charge in [0.1, 0.15) is 0 Å². The van der Waals surface area contributed by atoms with Gasteiger partial charge in [0, 0.05) is 30.5 Å². The molecule has 2 fully saturated rings. The number of nitrogens with one attached hydrogen (secondary N) is 1. The van der Waals surface area contributed by atoms with Gasteiger partial charge in [-0.05, 0) is 46.0 Å². The van der Waals surface area contributed by atoms with Crippen LogP contribution in [0.2, 0.25) is 0 Å². The van der Waals surface area contributed by atoms with E-state index in [4.69, 9.17) is 9.84 Å². The van der Waals surface area contributed by atoms with Crippen LogP contribution >= 0.6 is 0 Å². The molecule has 0 bridgehead atoms. The molecule has 1 aromatic heterocycles. The molecule has 1 aliphatic heterocycles. The molecule has 0 aromatic carbocycles. The summed E-state index contributed by atoms with van der Waals surface area (Å²) in [7, 11) is 0. The maximum Gasteiger partial charge on any atom is 0.0771 e. The number of nitrogens with zero attached hydrogens (tertiary/aromatic N) is 2. The Kier molecular flexibility index (Phi) is 3.89. The Morgan fingerprint density at radius 1 is 1.26 bits per heavy atom. The molecular formula is C15H25N3O. The molecule has 0 radical (unpaired) electrons. The fourth-order valence-electron chi connectivity index (χ4n) is 2.85. The first kappa shape index (κ1) is 13.1. The number of aryl methyl sites for hydroxylation is 1. The number of rotatable bonds is 5. The molecule has 19 heavy (non-hydrogen) atoms. The fourth-order valence-corrected chi connectivity index (χ4v) is 2.85. The van der Waals surface area contributed by atoms with Gasteiger partial charge < -0.3 is 10.1 Å². The van der Waals surface area contributed by atoms with Gasteiger partial charge in [0.15, 0.2) is 0 Å². The van der Waals surface area contributed by atoms with E-state index in [1.807, 2.05) is 0 Å². The zero-order valence-electron chi connectivity index (χ0n) is 12.1. The monoisotopic (exact) mass is 263 g/mol. The van der Waals surface area contributed by atoms with E-state index in [1.165, 1.54) is 49.1 Å². The smallest absolute Gasteiger partial charge is 0.0771 e. The van der Waals surface area contributed by atoms with Crippen molar-refractivity contribution in [1.29, 1.82) is 0 Å². The zero-order chi connectivity index (χ0) is 13.2. The maximum absolute atomic E-state index is 5.82. The largest absolute Gasteiger partial charge is 0.376 e. The van der Waals surface area contributed by atoms with Gasteiger partial charge in [-0.1, -0.05) is 0 Å². The summed E-state index contributed by atoms with van der Waals surface area (Å²) in [6.45, 7) is 7.10. The van der Waals surface area contributed by atoms with Crippen LogP contribution < -0.4 is 5.32 Å². The highest BCUT2D eigenvalue weighted by Crippen LogP contribution is 2.22. The van der Waals surface area contributed by atoms with Crippen LogP contribution in [0.5, 0.6) is 0 Å². The average Bonchev–Trinajstić information content (AvgIpc) is 3.19. The van der Waals surface area contributed by atoms with E-state index < -0.39 is 0 Å². The lowest BCUT2D eigenvalue weighted by Crippen LogP contribution is -2.25. The van der Waals surface area contributed by atoms with E-state index >= 15 is 0 Å². The minimum Gasteiger partial charge on any atom is -0.376 e. The molecule has 4 nitrogen and oxygen atoms in total. The lowest BCUT2D eigenvalue weighted by atomic mass is 10.1. The normalized spacial score (nSPS) is 23.8. The van der Waals surface area contributed by atoms with E-state index in [2.05, 4.69) is 23.8 Å². The zero-order valence-corrected chi connectivity index (χ0v) is 12.1. The third-order valence-corrected chi connectivity index (χ3v) is 4.33. The molecule has 0 amide bonds. The second-order valence-electron chi connectivity index (χ2n) is 5.98. The Labute approximate surface area is 115 Å². The van der Waals surface area contributed by atoms with Crippen LogP contribution in [-0.2, 0) is 17.8 Å². The highest BCUT2D eigenvalue weighted by Gasteiger charge is 2.22. The number of ether oxygens (including phenoxy) is 1. The lowest BCUT2D eigenvalue weighted by molar-refractivity contribution is 0.00360. The lowest BCUT2D eigenvalue weighted by Gasteiger charge is -2.23. The van der Waals surface area contributed by atoms with Gasteiger partial charge in [-0.3, -0.25) is 4.68 Å². The molecular weight excluding hydrogens is 238 g/mol.